The maximum absolute atomic E-state index is 13.8. The molecule has 0 saturated heterocycles. The largest absolute Gasteiger partial charge is 0.334 e. The lowest BCUT2D eigenvalue weighted by atomic mass is 10.2. The molecule has 2 aromatic heterocycles. The molecule has 1 N–H and O–H groups in total. The summed E-state index contributed by atoms with van der Waals surface area (Å²) in [5.41, 5.74) is 0.296. The van der Waals surface area contributed by atoms with Crippen LogP contribution in [0.2, 0.25) is 5.15 Å². The number of nitrogens with zero attached hydrogens (tertiary/aromatic N) is 2. The molecular formula is C22H19ClFN3O2S. The van der Waals surface area contributed by atoms with Gasteiger partial charge in [-0.3, -0.25) is 9.78 Å². The third-order valence-corrected chi connectivity index (χ3v) is 5.45. The molecule has 154 valence electrons. The molecule has 0 spiro atoms. The second-order valence-electron chi connectivity index (χ2n) is 6.00. The van der Waals surface area contributed by atoms with Crippen LogP contribution in [0.5, 0.6) is 0 Å². The number of halogens is 2. The molecule has 5 nitrogen and oxygen atoms in total. The highest BCUT2D eigenvalue weighted by molar-refractivity contribution is 7.98. The summed E-state index contributed by atoms with van der Waals surface area (Å²) in [5.74, 6) is -0.0575. The van der Waals surface area contributed by atoms with Crippen LogP contribution >= 0.6 is 23.4 Å². The van der Waals surface area contributed by atoms with Crippen LogP contribution < -0.4 is 11.2 Å². The van der Waals surface area contributed by atoms with Crippen molar-refractivity contribution < 1.29 is 4.39 Å². The first kappa shape index (κ1) is 21.8. The zero-order chi connectivity index (χ0) is 21.7. The molecule has 30 heavy (non-hydrogen) atoms. The lowest BCUT2D eigenvalue weighted by molar-refractivity contribution is 0.623. The highest BCUT2D eigenvalue weighted by Crippen LogP contribution is 2.25. The van der Waals surface area contributed by atoms with Crippen molar-refractivity contribution in [2.24, 2.45) is 0 Å². The van der Waals surface area contributed by atoms with E-state index in [1.807, 2.05) is 56.3 Å². The summed E-state index contributed by atoms with van der Waals surface area (Å²) < 4.78 is 15.0. The topological polar surface area (TPSA) is 67.8 Å². The number of hydrogen-bond acceptors (Lipinski definition) is 4. The standard InChI is InChI=1S/C20H13ClFN3O2S.C2H6/c21-17-16(22)10-15-18(23-17)25(20(27)24-19(15)26)13-7-4-8-14(9-13)28-11-12-5-2-1-3-6-12;1-2/h1-10H,11H2,(H,24,26,27);1-2H3. The van der Waals surface area contributed by atoms with Crippen LogP contribution in [-0.2, 0) is 5.75 Å². The van der Waals surface area contributed by atoms with Crippen molar-refractivity contribution in [1.82, 2.24) is 14.5 Å². The normalized spacial score (nSPS) is 10.5. The van der Waals surface area contributed by atoms with Gasteiger partial charge in [0.25, 0.3) is 5.56 Å². The van der Waals surface area contributed by atoms with E-state index in [1.165, 1.54) is 10.1 Å². The molecule has 2 aromatic carbocycles. The van der Waals surface area contributed by atoms with E-state index in [0.717, 1.165) is 16.7 Å². The van der Waals surface area contributed by atoms with E-state index in [-0.39, 0.29) is 11.0 Å². The van der Waals surface area contributed by atoms with Crippen molar-refractivity contribution in [3.63, 3.8) is 0 Å². The maximum atomic E-state index is 13.8. The van der Waals surface area contributed by atoms with Gasteiger partial charge in [0.1, 0.15) is 0 Å². The molecule has 0 amide bonds. The molecule has 4 rings (SSSR count). The van der Waals surface area contributed by atoms with Crippen LogP contribution in [0.1, 0.15) is 19.4 Å². The second-order valence-corrected chi connectivity index (χ2v) is 7.41. The summed E-state index contributed by atoms with van der Waals surface area (Å²) >= 11 is 7.39. The average Bonchev–Trinajstić information content (AvgIpc) is 2.76. The van der Waals surface area contributed by atoms with Crippen LogP contribution in [-0.4, -0.2) is 14.5 Å². The van der Waals surface area contributed by atoms with Gasteiger partial charge in [-0.2, -0.15) is 0 Å². The van der Waals surface area contributed by atoms with Crippen LogP contribution in [0.3, 0.4) is 0 Å². The van der Waals surface area contributed by atoms with Crippen LogP contribution in [0, 0.1) is 5.82 Å². The van der Waals surface area contributed by atoms with E-state index < -0.39 is 22.2 Å². The molecule has 0 fully saturated rings. The monoisotopic (exact) mass is 443 g/mol. The van der Waals surface area contributed by atoms with Gasteiger partial charge in [0.05, 0.1) is 11.1 Å². The van der Waals surface area contributed by atoms with E-state index in [0.29, 0.717) is 5.69 Å². The first-order chi connectivity index (χ1) is 14.5. The number of aromatic nitrogens is 3. The Hall–Kier alpha value is -2.90. The first-order valence-electron chi connectivity index (χ1n) is 9.31. The molecule has 8 heteroatoms. The number of thioether (sulfide) groups is 1. The number of rotatable bonds is 4. The Labute approximate surface area is 181 Å². The van der Waals surface area contributed by atoms with Crippen LogP contribution in [0.25, 0.3) is 16.7 Å². The number of aromatic amines is 1. The molecular weight excluding hydrogens is 425 g/mol. The second kappa shape index (κ2) is 9.73. The van der Waals surface area contributed by atoms with Crippen molar-refractivity contribution in [3.8, 4) is 5.69 Å². The summed E-state index contributed by atoms with van der Waals surface area (Å²) in [6.07, 6.45) is 0. The number of fused-ring (bicyclic) bond motifs is 1. The van der Waals surface area contributed by atoms with E-state index in [9.17, 15) is 14.0 Å². The fourth-order valence-corrected chi connectivity index (χ4v) is 3.84. The number of H-pyrrole nitrogens is 1. The summed E-state index contributed by atoms with van der Waals surface area (Å²) in [4.78, 5) is 31.6. The molecule has 0 aliphatic rings. The predicted molar refractivity (Wildman–Crippen MR) is 120 cm³/mol. The Bertz CT molecular complexity index is 1290. The molecule has 0 atom stereocenters. The Morgan fingerprint density at radius 3 is 2.53 bits per heavy atom. The number of pyridine rings is 1. The van der Waals surface area contributed by atoms with Gasteiger partial charge in [-0.25, -0.2) is 18.7 Å². The minimum Gasteiger partial charge on any atom is -0.273 e. The Morgan fingerprint density at radius 1 is 1.07 bits per heavy atom. The lowest BCUT2D eigenvalue weighted by Gasteiger charge is -2.11. The fraction of sp³-hybridized carbons (Fsp3) is 0.136. The Morgan fingerprint density at radius 2 is 1.80 bits per heavy atom. The van der Waals surface area contributed by atoms with E-state index in [1.54, 1.807) is 23.9 Å². The average molecular weight is 444 g/mol. The van der Waals surface area contributed by atoms with Crippen molar-refractivity contribution in [3.05, 3.63) is 98.0 Å². The summed E-state index contributed by atoms with van der Waals surface area (Å²) in [5, 5.41) is -0.454. The van der Waals surface area contributed by atoms with Crippen LogP contribution in [0.15, 0.2) is 75.1 Å². The molecule has 0 bridgehead atoms. The van der Waals surface area contributed by atoms with E-state index in [4.69, 9.17) is 11.6 Å². The molecule has 0 aliphatic carbocycles. The van der Waals surface area contributed by atoms with Crippen LogP contribution in [0.4, 0.5) is 4.39 Å². The fourth-order valence-electron chi connectivity index (χ4n) is 2.80. The van der Waals surface area contributed by atoms with Crippen molar-refractivity contribution in [2.45, 2.75) is 24.5 Å². The van der Waals surface area contributed by atoms with Crippen molar-refractivity contribution >= 4 is 34.4 Å². The zero-order valence-electron chi connectivity index (χ0n) is 16.4. The molecule has 0 unspecified atom stereocenters. The molecule has 4 aromatic rings. The molecule has 0 radical (unpaired) electrons. The number of hydrogen-bond donors (Lipinski definition) is 1. The van der Waals surface area contributed by atoms with Gasteiger partial charge in [-0.1, -0.05) is 61.8 Å². The number of benzene rings is 2. The van der Waals surface area contributed by atoms with Crippen molar-refractivity contribution in [2.75, 3.05) is 0 Å². The predicted octanol–water partition coefficient (Wildman–Crippen LogP) is 5.19. The van der Waals surface area contributed by atoms with Gasteiger partial charge in [0, 0.05) is 10.6 Å². The Balaban J connectivity index is 0.00000124. The summed E-state index contributed by atoms with van der Waals surface area (Å²) in [6, 6.07) is 18.2. The smallest absolute Gasteiger partial charge is 0.273 e. The highest BCUT2D eigenvalue weighted by Gasteiger charge is 2.14. The Kier molecular flexibility index (Phi) is 7.07. The van der Waals surface area contributed by atoms with E-state index >= 15 is 0 Å². The molecule has 0 aliphatic heterocycles. The maximum Gasteiger partial charge on any atom is 0.334 e. The highest BCUT2D eigenvalue weighted by atomic mass is 35.5. The molecule has 2 heterocycles. The van der Waals surface area contributed by atoms with Gasteiger partial charge in [0.15, 0.2) is 16.6 Å². The summed E-state index contributed by atoms with van der Waals surface area (Å²) in [6.45, 7) is 4.00. The number of nitrogens with one attached hydrogen (secondary N) is 1. The minimum atomic E-state index is -0.822. The minimum absolute atomic E-state index is 0.00496. The third-order valence-electron chi connectivity index (χ3n) is 4.12. The van der Waals surface area contributed by atoms with Crippen molar-refractivity contribution in [1.29, 1.82) is 0 Å². The zero-order valence-corrected chi connectivity index (χ0v) is 17.9. The van der Waals surface area contributed by atoms with Gasteiger partial charge >= 0.3 is 5.69 Å². The van der Waals surface area contributed by atoms with Gasteiger partial charge < -0.3 is 0 Å². The third kappa shape index (κ3) is 4.63. The molecule has 0 saturated carbocycles. The van der Waals surface area contributed by atoms with Gasteiger partial charge in [0.2, 0.25) is 0 Å². The SMILES string of the molecule is CC.O=c1[nH]c(=O)n(-c2cccc(SCc3ccccc3)c2)c2nc(Cl)c(F)cc12. The lowest BCUT2D eigenvalue weighted by Crippen LogP contribution is -2.30. The van der Waals surface area contributed by atoms with Gasteiger partial charge in [-0.05, 0) is 29.8 Å². The summed E-state index contributed by atoms with van der Waals surface area (Å²) in [7, 11) is 0. The first-order valence-corrected chi connectivity index (χ1v) is 10.7. The van der Waals surface area contributed by atoms with E-state index in [2.05, 4.69) is 9.97 Å². The quantitative estimate of drug-likeness (QED) is 0.348. The van der Waals surface area contributed by atoms with Gasteiger partial charge in [-0.15, -0.1) is 11.8 Å².